The molecule has 0 amide bonds. The Morgan fingerprint density at radius 2 is 1.80 bits per heavy atom. The number of likely N-dealkylation sites (N-methyl/N-ethyl adjacent to an activating group) is 1. The molecule has 2 aromatic heterocycles. The van der Waals surface area contributed by atoms with Crippen molar-refractivity contribution in [3.05, 3.63) is 73.1 Å². The molecule has 2 heterocycles. The summed E-state index contributed by atoms with van der Waals surface area (Å²) in [5.74, 6) is 2.63. The Balaban J connectivity index is 1.75. The number of aromatic nitrogens is 3. The number of amidine groups is 1. The van der Waals surface area contributed by atoms with Gasteiger partial charge in [0.2, 0.25) is 5.88 Å². The molecule has 0 saturated heterocycles. The maximum absolute atomic E-state index is 7.92. The average molecular weight is 399 g/mol. The Morgan fingerprint density at radius 3 is 2.53 bits per heavy atom. The predicted molar refractivity (Wildman–Crippen MR) is 116 cm³/mol. The summed E-state index contributed by atoms with van der Waals surface area (Å²) < 4.78 is 11.9. The molecule has 4 rings (SSSR count). The van der Waals surface area contributed by atoms with E-state index in [0.29, 0.717) is 29.0 Å². The second-order valence-corrected chi connectivity index (χ2v) is 6.82. The van der Waals surface area contributed by atoms with Gasteiger partial charge in [-0.1, -0.05) is 18.2 Å². The number of benzene rings is 2. The van der Waals surface area contributed by atoms with Crippen molar-refractivity contribution in [3.8, 4) is 28.8 Å². The number of nitrogens with zero attached hydrogens (tertiary/aromatic N) is 4. The van der Waals surface area contributed by atoms with E-state index in [2.05, 4.69) is 15.0 Å². The third-order valence-corrected chi connectivity index (χ3v) is 4.43. The van der Waals surface area contributed by atoms with Crippen LogP contribution in [0.15, 0.2) is 73.1 Å². The van der Waals surface area contributed by atoms with E-state index in [9.17, 15) is 0 Å². The molecular formula is C23H21N5O2. The fraction of sp³-hybridized carbons (Fsp3) is 0.130. The van der Waals surface area contributed by atoms with E-state index < -0.39 is 0 Å². The summed E-state index contributed by atoms with van der Waals surface area (Å²) in [6.45, 7) is 0.169. The van der Waals surface area contributed by atoms with Crippen molar-refractivity contribution in [2.75, 3.05) is 20.7 Å². The van der Waals surface area contributed by atoms with Crippen LogP contribution in [0.5, 0.6) is 17.4 Å². The lowest BCUT2D eigenvalue weighted by atomic mass is 10.2. The first kappa shape index (κ1) is 19.3. The van der Waals surface area contributed by atoms with Crippen LogP contribution in [0.2, 0.25) is 0 Å². The lowest BCUT2D eigenvalue weighted by Crippen LogP contribution is -2.26. The SMILES string of the molecule is CN(C)C(=N)COc1ccc2nc(-c3cccnc3)nc(Oc3ccccc3)c2c1. The van der Waals surface area contributed by atoms with Crippen LogP contribution in [-0.4, -0.2) is 46.4 Å². The number of ether oxygens (including phenoxy) is 2. The molecule has 0 unspecified atom stereocenters. The molecule has 30 heavy (non-hydrogen) atoms. The molecule has 0 aliphatic heterocycles. The Labute approximate surface area is 174 Å². The fourth-order valence-corrected chi connectivity index (χ4v) is 2.75. The monoisotopic (exact) mass is 399 g/mol. The molecule has 150 valence electrons. The minimum Gasteiger partial charge on any atom is -0.486 e. The van der Waals surface area contributed by atoms with Crippen LogP contribution < -0.4 is 9.47 Å². The molecule has 0 aliphatic rings. The zero-order chi connectivity index (χ0) is 20.9. The predicted octanol–water partition coefficient (Wildman–Crippen LogP) is 4.40. The number of pyridine rings is 1. The summed E-state index contributed by atoms with van der Waals surface area (Å²) in [6, 6.07) is 18.8. The summed E-state index contributed by atoms with van der Waals surface area (Å²) in [5.41, 5.74) is 1.53. The highest BCUT2D eigenvalue weighted by molar-refractivity contribution is 5.87. The Hall–Kier alpha value is -4.00. The van der Waals surface area contributed by atoms with Crippen LogP contribution >= 0.6 is 0 Å². The van der Waals surface area contributed by atoms with Crippen molar-refractivity contribution >= 4 is 16.7 Å². The first-order chi connectivity index (χ1) is 14.6. The zero-order valence-corrected chi connectivity index (χ0v) is 16.7. The smallest absolute Gasteiger partial charge is 0.230 e. The molecule has 0 fully saturated rings. The van der Waals surface area contributed by atoms with Gasteiger partial charge in [0.1, 0.15) is 23.9 Å². The highest BCUT2D eigenvalue weighted by Gasteiger charge is 2.13. The van der Waals surface area contributed by atoms with Crippen molar-refractivity contribution < 1.29 is 9.47 Å². The van der Waals surface area contributed by atoms with E-state index in [1.807, 2.05) is 74.8 Å². The summed E-state index contributed by atoms with van der Waals surface area (Å²) in [6.07, 6.45) is 3.43. The van der Waals surface area contributed by atoms with Gasteiger partial charge in [0.15, 0.2) is 5.82 Å². The third-order valence-electron chi connectivity index (χ3n) is 4.43. The molecule has 0 radical (unpaired) electrons. The molecule has 0 aliphatic carbocycles. The number of hydrogen-bond acceptors (Lipinski definition) is 6. The molecule has 0 spiro atoms. The van der Waals surface area contributed by atoms with Crippen LogP contribution in [0.4, 0.5) is 0 Å². The molecule has 0 atom stereocenters. The normalized spacial score (nSPS) is 10.6. The van der Waals surface area contributed by atoms with Crippen LogP contribution in [0.1, 0.15) is 0 Å². The minimum absolute atomic E-state index is 0.169. The second kappa shape index (κ2) is 8.57. The maximum Gasteiger partial charge on any atom is 0.230 e. The molecule has 0 bridgehead atoms. The van der Waals surface area contributed by atoms with Crippen molar-refractivity contribution in [3.63, 3.8) is 0 Å². The number of para-hydroxylation sites is 1. The molecule has 0 saturated carbocycles. The fourth-order valence-electron chi connectivity index (χ4n) is 2.75. The lowest BCUT2D eigenvalue weighted by Gasteiger charge is -2.15. The number of rotatable bonds is 6. The number of fused-ring (bicyclic) bond motifs is 1. The first-order valence-electron chi connectivity index (χ1n) is 9.43. The van der Waals surface area contributed by atoms with Crippen LogP contribution in [0.25, 0.3) is 22.3 Å². The van der Waals surface area contributed by atoms with Gasteiger partial charge in [-0.25, -0.2) is 4.98 Å². The van der Waals surface area contributed by atoms with E-state index in [-0.39, 0.29) is 6.61 Å². The summed E-state index contributed by atoms with van der Waals surface area (Å²) in [4.78, 5) is 15.2. The van der Waals surface area contributed by atoms with Gasteiger partial charge in [-0.3, -0.25) is 10.4 Å². The van der Waals surface area contributed by atoms with E-state index in [0.717, 1.165) is 16.5 Å². The van der Waals surface area contributed by atoms with Gasteiger partial charge in [-0.15, -0.1) is 0 Å². The highest BCUT2D eigenvalue weighted by Crippen LogP contribution is 2.32. The first-order valence-corrected chi connectivity index (χ1v) is 9.43. The second-order valence-electron chi connectivity index (χ2n) is 6.82. The Bertz CT molecular complexity index is 1160. The number of nitrogens with one attached hydrogen (secondary N) is 1. The molecule has 2 aromatic carbocycles. The van der Waals surface area contributed by atoms with E-state index >= 15 is 0 Å². The van der Waals surface area contributed by atoms with Gasteiger partial charge in [0.05, 0.1) is 10.9 Å². The largest absolute Gasteiger partial charge is 0.486 e. The summed E-state index contributed by atoms with van der Waals surface area (Å²) >= 11 is 0. The van der Waals surface area contributed by atoms with Gasteiger partial charge < -0.3 is 14.4 Å². The molecule has 4 aromatic rings. The Kier molecular flexibility index (Phi) is 5.52. The standard InChI is InChI=1S/C23H21N5O2/c1-28(2)21(24)15-29-18-10-11-20-19(13-18)23(30-17-8-4-3-5-9-17)27-22(26-20)16-7-6-12-25-14-16/h3-14,24H,15H2,1-2H3. The van der Waals surface area contributed by atoms with E-state index in [1.165, 1.54) is 0 Å². The van der Waals surface area contributed by atoms with Gasteiger partial charge >= 0.3 is 0 Å². The maximum atomic E-state index is 7.92. The number of hydrogen-bond donors (Lipinski definition) is 1. The molecule has 7 heteroatoms. The van der Waals surface area contributed by atoms with Crippen LogP contribution in [0.3, 0.4) is 0 Å². The summed E-state index contributed by atoms with van der Waals surface area (Å²) in [5, 5.41) is 8.64. The van der Waals surface area contributed by atoms with E-state index in [1.54, 1.807) is 17.3 Å². The van der Waals surface area contributed by atoms with Gasteiger partial charge in [-0.2, -0.15) is 4.98 Å². The van der Waals surface area contributed by atoms with Crippen molar-refractivity contribution in [2.45, 2.75) is 0 Å². The van der Waals surface area contributed by atoms with Crippen LogP contribution in [0, 0.1) is 5.41 Å². The van der Waals surface area contributed by atoms with Gasteiger partial charge in [0.25, 0.3) is 0 Å². The molecule has 7 nitrogen and oxygen atoms in total. The third kappa shape index (κ3) is 4.35. The highest BCUT2D eigenvalue weighted by atomic mass is 16.5. The van der Waals surface area contributed by atoms with Crippen molar-refractivity contribution in [1.82, 2.24) is 19.9 Å². The van der Waals surface area contributed by atoms with Crippen molar-refractivity contribution in [1.29, 1.82) is 5.41 Å². The van der Waals surface area contributed by atoms with Gasteiger partial charge in [0, 0.05) is 32.1 Å². The van der Waals surface area contributed by atoms with Gasteiger partial charge in [-0.05, 0) is 42.5 Å². The van der Waals surface area contributed by atoms with Crippen LogP contribution in [-0.2, 0) is 0 Å². The Morgan fingerprint density at radius 1 is 0.967 bits per heavy atom. The molecular weight excluding hydrogens is 378 g/mol. The van der Waals surface area contributed by atoms with E-state index in [4.69, 9.17) is 14.9 Å². The topological polar surface area (TPSA) is 84.2 Å². The minimum atomic E-state index is 0.169. The average Bonchev–Trinajstić information content (AvgIpc) is 2.78. The lowest BCUT2D eigenvalue weighted by molar-refractivity contribution is 0.358. The zero-order valence-electron chi connectivity index (χ0n) is 16.7. The summed E-state index contributed by atoms with van der Waals surface area (Å²) in [7, 11) is 3.62. The quantitative estimate of drug-likeness (QED) is 0.382. The molecule has 1 N–H and O–H groups in total. The van der Waals surface area contributed by atoms with Crippen molar-refractivity contribution in [2.24, 2.45) is 0 Å².